The van der Waals surface area contributed by atoms with Crippen molar-refractivity contribution in [3.63, 3.8) is 0 Å². The lowest BCUT2D eigenvalue weighted by molar-refractivity contribution is -0.188. The molecule has 4 atom stereocenters. The smallest absolute Gasteiger partial charge is 0.305 e. The van der Waals surface area contributed by atoms with E-state index in [1.165, 1.54) is 7.11 Å². The highest BCUT2D eigenvalue weighted by molar-refractivity contribution is 5.91. The first-order valence-corrected chi connectivity index (χ1v) is 12.7. The average molecular weight is 461 g/mol. The van der Waals surface area contributed by atoms with Crippen LogP contribution in [0, 0.1) is 5.92 Å². The molecule has 2 heterocycles. The van der Waals surface area contributed by atoms with Gasteiger partial charge < -0.3 is 18.6 Å². The zero-order valence-corrected chi connectivity index (χ0v) is 20.5. The Hall–Kier alpha value is -1.92. The van der Waals surface area contributed by atoms with Crippen molar-refractivity contribution in [2.45, 2.75) is 103 Å². The van der Waals surface area contributed by atoms with Gasteiger partial charge in [0.25, 0.3) is 0 Å². The molecule has 0 saturated carbocycles. The topological polar surface area (TPSA) is 75.0 Å². The van der Waals surface area contributed by atoms with Crippen LogP contribution in [0.15, 0.2) is 22.6 Å². The largest absolute Gasteiger partial charge is 0.469 e. The number of hydrogen-bond acceptors (Lipinski definition) is 6. The summed E-state index contributed by atoms with van der Waals surface area (Å²) in [4.78, 5) is 24.0. The van der Waals surface area contributed by atoms with Crippen molar-refractivity contribution in [1.82, 2.24) is 0 Å². The van der Waals surface area contributed by atoms with Crippen molar-refractivity contribution >= 4 is 11.8 Å². The van der Waals surface area contributed by atoms with Crippen LogP contribution in [-0.2, 0) is 36.6 Å². The lowest BCUT2D eigenvalue weighted by Crippen LogP contribution is -2.30. The molecule has 0 bridgehead atoms. The number of unbranched alkanes of at least 4 members (excludes halogenated alkanes) is 2. The van der Waals surface area contributed by atoms with Crippen LogP contribution in [0.1, 0.15) is 94.6 Å². The van der Waals surface area contributed by atoms with Crippen LogP contribution in [0.3, 0.4) is 0 Å². The van der Waals surface area contributed by atoms with E-state index in [1.54, 1.807) is 6.08 Å². The maximum absolute atomic E-state index is 12.7. The molecule has 1 saturated heterocycles. The van der Waals surface area contributed by atoms with E-state index < -0.39 is 0 Å². The monoisotopic (exact) mass is 460 g/mol. The minimum atomic E-state index is -0.180. The predicted octanol–water partition coefficient (Wildman–Crippen LogP) is 5.67. The number of fused-ring (bicyclic) bond motifs is 1. The van der Waals surface area contributed by atoms with Gasteiger partial charge in [0, 0.05) is 43.3 Å². The Morgan fingerprint density at radius 2 is 2.09 bits per heavy atom. The van der Waals surface area contributed by atoms with Gasteiger partial charge in [-0.05, 0) is 50.7 Å². The van der Waals surface area contributed by atoms with Crippen LogP contribution in [0.25, 0.3) is 0 Å². The summed E-state index contributed by atoms with van der Waals surface area (Å²) in [5.41, 5.74) is 1.11. The molecule has 0 aromatic carbocycles. The standard InChI is InChI=1S/C27H40O6/c1-4-5-10-19(2)23(28)15-14-21-22-17-20(11-6-7-12-26(29)30-3)32-25(22)18-24(21)33-27-13-8-9-16-31-27/h14-15,17,19,21,24,27H,4-13,16,18H2,1-3H3/b15-14+/t19?,21-,24-,27?/m1/s1. The summed E-state index contributed by atoms with van der Waals surface area (Å²) in [6.45, 7) is 4.90. The number of hydrogen-bond donors (Lipinski definition) is 0. The average Bonchev–Trinajstić information content (AvgIpc) is 3.36. The first kappa shape index (κ1) is 25.7. The number of furan rings is 1. The van der Waals surface area contributed by atoms with Crippen LogP contribution in [0.2, 0.25) is 0 Å². The van der Waals surface area contributed by atoms with Gasteiger partial charge in [-0.3, -0.25) is 9.59 Å². The van der Waals surface area contributed by atoms with Gasteiger partial charge in [0.1, 0.15) is 11.5 Å². The molecular weight excluding hydrogens is 420 g/mol. The molecule has 3 rings (SSSR count). The molecule has 33 heavy (non-hydrogen) atoms. The second-order valence-electron chi connectivity index (χ2n) is 9.38. The Labute approximate surface area is 198 Å². The Balaban J connectivity index is 1.65. The first-order valence-electron chi connectivity index (χ1n) is 12.7. The molecular formula is C27H40O6. The molecule has 184 valence electrons. The number of methoxy groups -OCH3 is 1. The zero-order valence-electron chi connectivity index (χ0n) is 20.5. The minimum Gasteiger partial charge on any atom is -0.469 e. The Morgan fingerprint density at radius 3 is 2.82 bits per heavy atom. The van der Waals surface area contributed by atoms with E-state index in [9.17, 15) is 9.59 Å². The fourth-order valence-corrected chi connectivity index (χ4v) is 4.64. The highest BCUT2D eigenvalue weighted by atomic mass is 16.7. The van der Waals surface area contributed by atoms with Crippen LogP contribution in [0.5, 0.6) is 0 Å². The molecule has 6 nitrogen and oxygen atoms in total. The maximum atomic E-state index is 12.7. The number of ether oxygens (including phenoxy) is 3. The van der Waals surface area contributed by atoms with E-state index in [0.717, 1.165) is 81.5 Å². The number of allylic oxidation sites excluding steroid dienone is 1. The van der Waals surface area contributed by atoms with E-state index in [0.29, 0.717) is 12.8 Å². The van der Waals surface area contributed by atoms with Crippen molar-refractivity contribution < 1.29 is 28.2 Å². The van der Waals surface area contributed by atoms with Crippen molar-refractivity contribution in [1.29, 1.82) is 0 Å². The Morgan fingerprint density at radius 1 is 1.24 bits per heavy atom. The molecule has 1 aromatic heterocycles. The van der Waals surface area contributed by atoms with Gasteiger partial charge in [0.15, 0.2) is 12.1 Å². The van der Waals surface area contributed by atoms with E-state index >= 15 is 0 Å². The summed E-state index contributed by atoms with van der Waals surface area (Å²) < 4.78 is 23.0. The summed E-state index contributed by atoms with van der Waals surface area (Å²) in [5, 5.41) is 0. The fraction of sp³-hybridized carbons (Fsp3) is 0.704. The van der Waals surface area contributed by atoms with Gasteiger partial charge in [-0.2, -0.15) is 0 Å². The van der Waals surface area contributed by atoms with Gasteiger partial charge in [-0.25, -0.2) is 0 Å². The van der Waals surface area contributed by atoms with E-state index in [-0.39, 0.29) is 36.0 Å². The van der Waals surface area contributed by atoms with Crippen LogP contribution in [0.4, 0.5) is 0 Å². The van der Waals surface area contributed by atoms with Crippen molar-refractivity contribution in [2.75, 3.05) is 13.7 Å². The number of carbonyl (C=O) groups is 2. The van der Waals surface area contributed by atoms with Crippen molar-refractivity contribution in [3.8, 4) is 0 Å². The van der Waals surface area contributed by atoms with Crippen molar-refractivity contribution in [2.24, 2.45) is 5.92 Å². The number of carbonyl (C=O) groups excluding carboxylic acids is 2. The third-order valence-corrected chi connectivity index (χ3v) is 6.73. The summed E-state index contributed by atoms with van der Waals surface area (Å²) in [5.74, 6) is 1.90. The van der Waals surface area contributed by atoms with Gasteiger partial charge in [0.2, 0.25) is 0 Å². The quantitative estimate of drug-likeness (QED) is 0.215. The summed E-state index contributed by atoms with van der Waals surface area (Å²) in [6.07, 6.45) is 13.2. The molecule has 6 heteroatoms. The summed E-state index contributed by atoms with van der Waals surface area (Å²) >= 11 is 0. The van der Waals surface area contributed by atoms with Gasteiger partial charge >= 0.3 is 5.97 Å². The number of rotatable bonds is 13. The maximum Gasteiger partial charge on any atom is 0.305 e. The predicted molar refractivity (Wildman–Crippen MR) is 126 cm³/mol. The van der Waals surface area contributed by atoms with Gasteiger partial charge in [-0.15, -0.1) is 0 Å². The van der Waals surface area contributed by atoms with Gasteiger partial charge in [-0.1, -0.05) is 32.8 Å². The third kappa shape index (κ3) is 7.54. The SMILES string of the molecule is CCCCC(C)C(=O)/C=C/[C@@H]1c2cc(CCCCC(=O)OC)oc2C[C@H]1OC1CCCCO1. The zero-order chi connectivity index (χ0) is 23.6. The summed E-state index contributed by atoms with van der Waals surface area (Å²) in [6, 6.07) is 2.11. The lowest BCUT2D eigenvalue weighted by atomic mass is 9.95. The highest BCUT2D eigenvalue weighted by Crippen LogP contribution is 2.40. The molecule has 1 aliphatic heterocycles. The summed E-state index contributed by atoms with van der Waals surface area (Å²) in [7, 11) is 1.42. The number of aryl methyl sites for hydroxylation is 1. The molecule has 0 N–H and O–H groups in total. The second kappa shape index (κ2) is 13.1. The molecule has 1 fully saturated rings. The molecule has 0 radical (unpaired) electrons. The normalized spacial score (nSPS) is 23.5. The molecule has 1 aromatic rings. The van der Waals surface area contributed by atoms with E-state index in [4.69, 9.17) is 18.6 Å². The molecule has 0 spiro atoms. The lowest BCUT2D eigenvalue weighted by Gasteiger charge is -2.28. The molecule has 2 aliphatic rings. The Bertz CT molecular complexity index is 789. The van der Waals surface area contributed by atoms with Crippen LogP contribution >= 0.6 is 0 Å². The molecule has 2 unspecified atom stereocenters. The Kier molecular flexibility index (Phi) is 10.2. The highest BCUT2D eigenvalue weighted by Gasteiger charge is 2.37. The van der Waals surface area contributed by atoms with Crippen LogP contribution in [-0.4, -0.2) is 37.9 Å². The number of esters is 1. The molecule has 0 amide bonds. The first-order chi connectivity index (χ1) is 16.0. The van der Waals surface area contributed by atoms with Crippen molar-refractivity contribution in [3.05, 3.63) is 35.3 Å². The van der Waals surface area contributed by atoms with Gasteiger partial charge in [0.05, 0.1) is 13.2 Å². The second-order valence-corrected chi connectivity index (χ2v) is 9.38. The molecule has 1 aliphatic carbocycles. The third-order valence-electron chi connectivity index (χ3n) is 6.73. The van der Waals surface area contributed by atoms with E-state index in [2.05, 4.69) is 13.0 Å². The minimum absolute atomic E-state index is 0.0135. The van der Waals surface area contributed by atoms with E-state index in [1.807, 2.05) is 13.0 Å². The number of ketones is 1. The van der Waals surface area contributed by atoms with Crippen LogP contribution < -0.4 is 0 Å². The fourth-order valence-electron chi connectivity index (χ4n) is 4.64.